The Hall–Kier alpha value is -3.77. The van der Waals surface area contributed by atoms with Crippen LogP contribution in [0.4, 0.5) is 11.6 Å². The average molecular weight is 411 g/mol. The highest BCUT2D eigenvalue weighted by atomic mass is 32.1. The molecule has 0 aliphatic heterocycles. The second-order valence-corrected chi connectivity index (χ2v) is 7.71. The number of benzene rings is 3. The highest BCUT2D eigenvalue weighted by Gasteiger charge is 2.09. The van der Waals surface area contributed by atoms with E-state index in [1.807, 2.05) is 78.9 Å². The van der Waals surface area contributed by atoms with E-state index < -0.39 is 0 Å². The predicted octanol–water partition coefficient (Wildman–Crippen LogP) is 6.08. The third-order valence-electron chi connectivity index (χ3n) is 4.51. The largest absolute Gasteiger partial charge is 0.489 e. The van der Waals surface area contributed by atoms with E-state index in [-0.39, 0.29) is 0 Å². The molecule has 0 radical (unpaired) electrons. The van der Waals surface area contributed by atoms with Crippen LogP contribution >= 0.6 is 11.3 Å². The van der Waals surface area contributed by atoms with Crippen LogP contribution in [-0.2, 0) is 6.61 Å². The molecule has 0 fully saturated rings. The Labute approximate surface area is 178 Å². The molecule has 0 spiro atoms. The zero-order valence-corrected chi connectivity index (χ0v) is 16.8. The van der Waals surface area contributed by atoms with Gasteiger partial charge in [0.05, 0.1) is 10.2 Å². The van der Waals surface area contributed by atoms with Gasteiger partial charge in [0.25, 0.3) is 0 Å². The maximum atomic E-state index is 5.91. The Morgan fingerprint density at radius 2 is 1.70 bits per heavy atom. The van der Waals surface area contributed by atoms with Crippen LogP contribution in [0.1, 0.15) is 5.56 Å². The SMILES string of the molecule is c1ccc(COc2cccc(Nc3nccc(-c4nc5ccccc5s4)n3)c2)cc1. The standard InChI is InChI=1S/C24H18N4OS/c1-2-7-17(8-3-1)16-29-19-10-6-9-18(15-19)26-24-25-14-13-21(28-24)23-27-20-11-4-5-12-22(20)30-23/h1-15H,16H2,(H,25,26,28). The second-order valence-electron chi connectivity index (χ2n) is 6.68. The normalized spacial score (nSPS) is 10.8. The van der Waals surface area contributed by atoms with Gasteiger partial charge in [-0.05, 0) is 35.9 Å². The van der Waals surface area contributed by atoms with Gasteiger partial charge in [-0.1, -0.05) is 48.5 Å². The summed E-state index contributed by atoms with van der Waals surface area (Å²) in [4.78, 5) is 13.7. The summed E-state index contributed by atoms with van der Waals surface area (Å²) in [5, 5.41) is 4.14. The summed E-state index contributed by atoms with van der Waals surface area (Å²) in [6.45, 7) is 0.522. The van der Waals surface area contributed by atoms with Gasteiger partial charge >= 0.3 is 0 Å². The summed E-state index contributed by atoms with van der Waals surface area (Å²) in [5.41, 5.74) is 3.77. The lowest BCUT2D eigenvalue weighted by Crippen LogP contribution is -1.99. The number of nitrogens with zero attached hydrogens (tertiary/aromatic N) is 3. The molecule has 6 heteroatoms. The first-order valence-electron chi connectivity index (χ1n) is 9.56. The molecule has 0 unspecified atom stereocenters. The molecule has 0 saturated carbocycles. The number of aromatic nitrogens is 3. The van der Waals surface area contributed by atoms with Crippen molar-refractivity contribution in [3.05, 3.63) is 96.7 Å². The van der Waals surface area contributed by atoms with E-state index in [2.05, 4.69) is 26.3 Å². The van der Waals surface area contributed by atoms with Crippen LogP contribution < -0.4 is 10.1 Å². The Morgan fingerprint density at radius 3 is 2.60 bits per heavy atom. The van der Waals surface area contributed by atoms with Gasteiger partial charge < -0.3 is 10.1 Å². The average Bonchev–Trinajstić information content (AvgIpc) is 3.23. The first-order chi connectivity index (χ1) is 14.8. The number of nitrogens with one attached hydrogen (secondary N) is 1. The number of fused-ring (bicyclic) bond motifs is 1. The Balaban J connectivity index is 1.33. The van der Waals surface area contributed by atoms with Gasteiger partial charge in [0.2, 0.25) is 5.95 Å². The van der Waals surface area contributed by atoms with E-state index in [1.165, 1.54) is 0 Å². The third kappa shape index (κ3) is 4.14. The maximum absolute atomic E-state index is 5.91. The van der Waals surface area contributed by atoms with Crippen LogP contribution in [0.3, 0.4) is 0 Å². The Bertz CT molecular complexity index is 1250. The van der Waals surface area contributed by atoms with Crippen molar-refractivity contribution in [3.8, 4) is 16.5 Å². The smallest absolute Gasteiger partial charge is 0.227 e. The minimum atomic E-state index is 0.520. The first-order valence-corrected chi connectivity index (χ1v) is 10.4. The van der Waals surface area contributed by atoms with Crippen molar-refractivity contribution >= 4 is 33.2 Å². The molecule has 5 nitrogen and oxygen atoms in total. The van der Waals surface area contributed by atoms with Gasteiger partial charge in [0, 0.05) is 18.0 Å². The molecular weight excluding hydrogens is 392 g/mol. The molecule has 0 atom stereocenters. The summed E-state index contributed by atoms with van der Waals surface area (Å²) in [6, 6.07) is 27.8. The van der Waals surface area contributed by atoms with Crippen LogP contribution in [-0.4, -0.2) is 15.0 Å². The molecule has 5 rings (SSSR count). The van der Waals surface area contributed by atoms with Crippen LogP contribution in [0.15, 0.2) is 91.1 Å². The van der Waals surface area contributed by atoms with Crippen molar-refractivity contribution in [2.24, 2.45) is 0 Å². The molecule has 0 aliphatic rings. The summed E-state index contributed by atoms with van der Waals surface area (Å²) < 4.78 is 7.05. The fourth-order valence-electron chi connectivity index (χ4n) is 3.05. The molecule has 2 heterocycles. The molecule has 1 N–H and O–H groups in total. The number of thiazole rings is 1. The van der Waals surface area contributed by atoms with Gasteiger partial charge in [-0.2, -0.15) is 0 Å². The number of hydrogen-bond acceptors (Lipinski definition) is 6. The van der Waals surface area contributed by atoms with E-state index in [0.29, 0.717) is 12.6 Å². The Morgan fingerprint density at radius 1 is 0.833 bits per heavy atom. The van der Waals surface area contributed by atoms with Crippen LogP contribution in [0.25, 0.3) is 20.9 Å². The van der Waals surface area contributed by atoms with Gasteiger partial charge in [-0.15, -0.1) is 11.3 Å². The molecule has 5 aromatic rings. The number of hydrogen-bond donors (Lipinski definition) is 1. The molecule has 0 aliphatic carbocycles. The summed E-state index contributed by atoms with van der Waals surface area (Å²) in [6.07, 6.45) is 1.74. The molecule has 0 amide bonds. The lowest BCUT2D eigenvalue weighted by molar-refractivity contribution is 0.306. The van der Waals surface area contributed by atoms with E-state index >= 15 is 0 Å². The molecule has 3 aromatic carbocycles. The number of anilines is 2. The minimum absolute atomic E-state index is 0.520. The van der Waals surface area contributed by atoms with E-state index in [9.17, 15) is 0 Å². The quantitative estimate of drug-likeness (QED) is 0.368. The molecule has 30 heavy (non-hydrogen) atoms. The van der Waals surface area contributed by atoms with Crippen molar-refractivity contribution in [1.29, 1.82) is 0 Å². The topological polar surface area (TPSA) is 59.9 Å². The van der Waals surface area contributed by atoms with E-state index in [0.717, 1.165) is 37.9 Å². The second kappa shape index (κ2) is 8.31. The summed E-state index contributed by atoms with van der Waals surface area (Å²) in [7, 11) is 0. The number of ether oxygens (including phenoxy) is 1. The number of para-hydroxylation sites is 1. The van der Waals surface area contributed by atoms with Crippen molar-refractivity contribution in [2.75, 3.05) is 5.32 Å². The van der Waals surface area contributed by atoms with Gasteiger partial charge in [0.1, 0.15) is 23.1 Å². The highest BCUT2D eigenvalue weighted by molar-refractivity contribution is 7.21. The van der Waals surface area contributed by atoms with Gasteiger partial charge in [-0.3, -0.25) is 0 Å². The Kier molecular flexibility index (Phi) is 5.06. The van der Waals surface area contributed by atoms with Crippen molar-refractivity contribution in [2.45, 2.75) is 6.61 Å². The van der Waals surface area contributed by atoms with E-state index in [4.69, 9.17) is 4.74 Å². The van der Waals surface area contributed by atoms with Crippen LogP contribution in [0.2, 0.25) is 0 Å². The summed E-state index contributed by atoms with van der Waals surface area (Å²) >= 11 is 1.62. The minimum Gasteiger partial charge on any atom is -0.489 e. The van der Waals surface area contributed by atoms with Crippen molar-refractivity contribution < 1.29 is 4.74 Å². The van der Waals surface area contributed by atoms with Crippen molar-refractivity contribution in [3.63, 3.8) is 0 Å². The third-order valence-corrected chi connectivity index (χ3v) is 5.57. The number of rotatable bonds is 6. The molecule has 146 valence electrons. The van der Waals surface area contributed by atoms with Crippen LogP contribution in [0.5, 0.6) is 5.75 Å². The fraction of sp³-hybridized carbons (Fsp3) is 0.0417. The zero-order valence-electron chi connectivity index (χ0n) is 16.0. The lowest BCUT2D eigenvalue weighted by atomic mass is 10.2. The van der Waals surface area contributed by atoms with Gasteiger partial charge in [-0.25, -0.2) is 15.0 Å². The summed E-state index contributed by atoms with van der Waals surface area (Å²) in [5.74, 6) is 1.30. The monoisotopic (exact) mass is 410 g/mol. The van der Waals surface area contributed by atoms with Gasteiger partial charge in [0.15, 0.2) is 0 Å². The predicted molar refractivity (Wildman–Crippen MR) is 121 cm³/mol. The molecule has 0 saturated heterocycles. The molecule has 0 bridgehead atoms. The maximum Gasteiger partial charge on any atom is 0.227 e. The zero-order chi connectivity index (χ0) is 20.2. The molecule has 2 aromatic heterocycles. The highest BCUT2D eigenvalue weighted by Crippen LogP contribution is 2.29. The molecular formula is C24H18N4OS. The fourth-order valence-corrected chi connectivity index (χ4v) is 3.99. The van der Waals surface area contributed by atoms with E-state index in [1.54, 1.807) is 17.5 Å². The lowest BCUT2D eigenvalue weighted by Gasteiger charge is -2.09. The van der Waals surface area contributed by atoms with Crippen molar-refractivity contribution in [1.82, 2.24) is 15.0 Å². The van der Waals surface area contributed by atoms with Crippen LogP contribution in [0, 0.1) is 0 Å². The first kappa shape index (κ1) is 18.3.